The van der Waals surface area contributed by atoms with Crippen molar-refractivity contribution in [2.45, 2.75) is 38.9 Å². The molecule has 0 unspecified atom stereocenters. The van der Waals surface area contributed by atoms with Gasteiger partial charge in [-0.3, -0.25) is 8.80 Å². The van der Waals surface area contributed by atoms with Crippen LogP contribution in [0.3, 0.4) is 0 Å². The normalized spacial score (nSPS) is 8.91. The van der Waals surface area contributed by atoms with Gasteiger partial charge in [-0.1, -0.05) is 20.8 Å². The van der Waals surface area contributed by atoms with Gasteiger partial charge in [-0.25, -0.2) is 0 Å². The van der Waals surface area contributed by atoms with Crippen molar-refractivity contribution in [3.63, 3.8) is 0 Å². The summed E-state index contributed by atoms with van der Waals surface area (Å²) in [4.78, 5) is 2.00. The Morgan fingerprint density at radius 3 is 1.18 bits per heavy atom. The monoisotopic (exact) mass is 198 g/mol. The first-order chi connectivity index (χ1) is 4.36. The van der Waals surface area contributed by atoms with Crippen LogP contribution in [0.5, 0.6) is 0 Å². The summed E-state index contributed by atoms with van der Waals surface area (Å²) < 4.78 is 0. The number of nitrogens with zero attached hydrogens (tertiary/aromatic N) is 1. The zero-order chi connectivity index (χ0) is 8.78. The number of rotatable bonds is 0. The average Bonchev–Trinajstić information content (AvgIpc) is 1.64. The Bertz CT molecular complexity index is 113. The van der Waals surface area contributed by atoms with Gasteiger partial charge in [-0.15, -0.1) is 0 Å². The summed E-state index contributed by atoms with van der Waals surface area (Å²) in [6, 6.07) is 0. The minimum Gasteiger partial charge on any atom is -0.260 e. The second kappa shape index (κ2) is 9.25. The average molecular weight is 198 g/mol. The van der Waals surface area contributed by atoms with E-state index < -0.39 is 0 Å². The molecule has 0 rings (SSSR count). The summed E-state index contributed by atoms with van der Waals surface area (Å²) in [6.07, 6.45) is 0. The van der Waals surface area contributed by atoms with Crippen molar-refractivity contribution in [2.75, 3.05) is 0 Å². The zero-order valence-electron chi connectivity index (χ0n) is 8.45. The summed E-state index contributed by atoms with van der Waals surface area (Å²) in [5.41, 5.74) is 11.0. The molecule has 0 aliphatic rings. The fourth-order valence-electron chi connectivity index (χ4n) is 0. The van der Waals surface area contributed by atoms with Crippen molar-refractivity contribution >= 4 is 8.80 Å². The molecule has 0 aliphatic carbocycles. The van der Waals surface area contributed by atoms with E-state index in [1.54, 1.807) is 0 Å². The van der Waals surface area contributed by atoms with Crippen LogP contribution < -0.4 is 56.3 Å². The molecule has 0 atom stereocenters. The maximum atomic E-state index is 5.50. The third-order valence-corrected chi connectivity index (χ3v) is 4.50. The summed E-state index contributed by atoms with van der Waals surface area (Å²) >= 11 is 0. The molecule has 0 bridgehead atoms. The van der Waals surface area contributed by atoms with Gasteiger partial charge in [0.15, 0.2) is 0 Å². The minimum atomic E-state index is -0.0502. The Hall–Kier alpha value is 1.16. The van der Waals surface area contributed by atoms with Gasteiger partial charge in [-0.2, -0.15) is 18.1 Å². The molecule has 5 heteroatoms. The second-order valence-electron chi connectivity index (χ2n) is 3.36. The first-order valence-electron chi connectivity index (χ1n) is 3.20. The molecule has 0 saturated carbocycles. The molecule has 2 N–H and O–H groups in total. The predicted octanol–water partition coefficient (Wildman–Crippen LogP) is -0.340. The van der Waals surface area contributed by atoms with Gasteiger partial charge in [0.05, 0.1) is 0 Å². The summed E-state index contributed by atoms with van der Waals surface area (Å²) in [5.74, 6) is 0. The molecule has 60 valence electrons. The fourth-order valence-corrected chi connectivity index (χ4v) is 0. The fraction of sp³-hybridized carbons (Fsp3) is 1.00. The van der Waals surface area contributed by atoms with Crippen LogP contribution in [0.1, 0.15) is 20.8 Å². The molecule has 0 aromatic rings. The van der Waals surface area contributed by atoms with E-state index in [9.17, 15) is 0 Å². The predicted molar refractivity (Wildman–Crippen MR) is 44.8 cm³/mol. The molecule has 0 amide bonds. The third kappa shape index (κ3) is 18.3. The van der Waals surface area contributed by atoms with Crippen molar-refractivity contribution in [3.8, 4) is 0 Å². The Labute approximate surface area is 113 Å². The number of hydrogen-bond acceptors (Lipinski definition) is 2. The van der Waals surface area contributed by atoms with Gasteiger partial charge in [-0.05, 0) is 0 Å². The van der Waals surface area contributed by atoms with Crippen LogP contribution in [-0.2, 0) is 0 Å². The second-order valence-corrected chi connectivity index (χ2v) is 6.86. The van der Waals surface area contributed by atoms with E-state index in [0.717, 1.165) is 0 Å². The van der Waals surface area contributed by atoms with Crippen LogP contribution in [0.25, 0.3) is 0 Å². The van der Waals surface area contributed by atoms with Crippen LogP contribution in [0.15, 0.2) is 0 Å². The van der Waals surface area contributed by atoms with E-state index in [-0.39, 0.29) is 60.2 Å². The van der Waals surface area contributed by atoms with E-state index in [0.29, 0.717) is 5.04 Å². The molecular formula is C6H17KN3Si+. The van der Waals surface area contributed by atoms with Crippen LogP contribution in [0.2, 0.25) is 18.1 Å². The van der Waals surface area contributed by atoms with E-state index in [4.69, 9.17) is 11.1 Å². The molecule has 0 spiro atoms. The van der Waals surface area contributed by atoms with Crippen molar-refractivity contribution in [1.29, 1.82) is 11.1 Å². The largest absolute Gasteiger partial charge is 1.00 e. The van der Waals surface area contributed by atoms with E-state index in [2.05, 4.69) is 33.9 Å². The summed E-state index contributed by atoms with van der Waals surface area (Å²) in [7, 11) is -0.0502. The van der Waals surface area contributed by atoms with Crippen molar-refractivity contribution in [1.82, 2.24) is 4.91 Å². The molecule has 0 aromatic heterocycles. The maximum Gasteiger partial charge on any atom is 1.00 e. The smallest absolute Gasteiger partial charge is 0.260 e. The summed E-state index contributed by atoms with van der Waals surface area (Å²) in [6.45, 7) is 11.6. The van der Waals surface area contributed by atoms with Crippen molar-refractivity contribution in [3.05, 3.63) is 0 Å². The van der Waals surface area contributed by atoms with Gasteiger partial charge in [0.2, 0.25) is 4.91 Å². The molecule has 0 aliphatic heterocycles. The summed E-state index contributed by atoms with van der Waals surface area (Å²) in [5, 5.41) is 0.602. The Morgan fingerprint density at radius 1 is 1.09 bits per heavy atom. The van der Waals surface area contributed by atoms with E-state index in [1.165, 1.54) is 0 Å². The van der Waals surface area contributed by atoms with E-state index >= 15 is 0 Å². The molecule has 3 nitrogen and oxygen atoms in total. The maximum absolute atomic E-state index is 5.50. The quantitative estimate of drug-likeness (QED) is 0.304. The van der Waals surface area contributed by atoms with Crippen molar-refractivity contribution < 1.29 is 51.4 Å². The molecule has 0 saturated heterocycles. The molecule has 11 heavy (non-hydrogen) atoms. The molecule has 0 heterocycles. The van der Waals surface area contributed by atoms with Crippen LogP contribution in [0, 0.1) is 11.1 Å². The topological polar surface area (TPSA) is 61.8 Å². The van der Waals surface area contributed by atoms with Gasteiger partial charge in [0.1, 0.15) is 11.1 Å². The molecule has 0 aromatic carbocycles. The van der Waals surface area contributed by atoms with Gasteiger partial charge >= 0.3 is 51.4 Å². The molecule has 0 fully saturated rings. The molecular weight excluding hydrogens is 181 g/mol. The molecule has 0 radical (unpaired) electrons. The van der Waals surface area contributed by atoms with Gasteiger partial charge in [0, 0.05) is 0 Å². The zero-order valence-corrected chi connectivity index (χ0v) is 12.6. The standard InChI is InChI=1S/C6H15Si.K.H2N3/c1-6(2,3)7(4)5;;1-3-2/h1-5H3;;1-2H/q-1;2*+1. The number of hydrogen-bond donors (Lipinski definition) is 2. The Kier molecular flexibility index (Phi) is 15.2. The Morgan fingerprint density at radius 2 is 1.18 bits per heavy atom. The van der Waals surface area contributed by atoms with Crippen LogP contribution in [-0.4, -0.2) is 8.80 Å². The van der Waals surface area contributed by atoms with Crippen LogP contribution >= 0.6 is 0 Å². The minimum absolute atomic E-state index is 0. The van der Waals surface area contributed by atoms with Gasteiger partial charge < -0.3 is 0 Å². The first kappa shape index (κ1) is 18.1. The van der Waals surface area contributed by atoms with E-state index in [1.807, 2.05) is 4.91 Å². The van der Waals surface area contributed by atoms with Crippen LogP contribution in [0.4, 0.5) is 0 Å². The number of nitrogens with one attached hydrogen (secondary N) is 2. The van der Waals surface area contributed by atoms with Gasteiger partial charge in [0.25, 0.3) is 0 Å². The third-order valence-electron chi connectivity index (χ3n) is 1.50. The Balaban J connectivity index is -0.000000140. The SMILES string of the molecule is C[Si-](C)C(C)(C)C.N=[N+]=N.[K+]. The first-order valence-corrected chi connectivity index (χ1v) is 5.70. The van der Waals surface area contributed by atoms with Crippen molar-refractivity contribution in [2.24, 2.45) is 0 Å².